The third-order valence-electron chi connectivity index (χ3n) is 3.19. The molecule has 23 heavy (non-hydrogen) atoms. The molecule has 0 bridgehead atoms. The third-order valence-corrected chi connectivity index (χ3v) is 4.29. The lowest BCUT2D eigenvalue weighted by molar-refractivity contribution is -0.137. The molecule has 0 amide bonds. The van der Waals surface area contributed by atoms with Gasteiger partial charge in [0.05, 0.1) is 5.56 Å². The second-order valence-corrected chi connectivity index (χ2v) is 6.82. The minimum atomic E-state index is -4.73. The first-order chi connectivity index (χ1) is 10.6. The Kier molecular flexibility index (Phi) is 4.84. The highest BCUT2D eigenvalue weighted by Crippen LogP contribution is 2.52. The maximum atomic E-state index is 12.8. The molecule has 1 atom stereocenters. The molecular weight excluding hydrogens is 330 g/mol. The number of anilines is 1. The van der Waals surface area contributed by atoms with Crippen LogP contribution < -0.4 is 5.32 Å². The van der Waals surface area contributed by atoms with Crippen LogP contribution in [0.1, 0.15) is 22.5 Å². The minimum Gasteiger partial charge on any atom is -0.368 e. The molecular formula is C15H15F3NO3P. The number of rotatable bonds is 4. The average Bonchev–Trinajstić information content (AvgIpc) is 2.43. The van der Waals surface area contributed by atoms with Crippen molar-refractivity contribution in [2.45, 2.75) is 18.9 Å². The molecule has 0 unspecified atom stereocenters. The predicted molar refractivity (Wildman–Crippen MR) is 81.0 cm³/mol. The molecule has 2 rings (SSSR count). The number of alkyl halides is 3. The smallest absolute Gasteiger partial charge is 0.368 e. The van der Waals surface area contributed by atoms with Crippen molar-refractivity contribution < 1.29 is 27.5 Å². The number of benzene rings is 2. The summed E-state index contributed by atoms with van der Waals surface area (Å²) in [6.45, 7) is 1.79. The van der Waals surface area contributed by atoms with Gasteiger partial charge < -0.3 is 15.1 Å². The lowest BCUT2D eigenvalue weighted by atomic mass is 10.1. The van der Waals surface area contributed by atoms with Gasteiger partial charge in [-0.2, -0.15) is 13.2 Å². The van der Waals surface area contributed by atoms with Gasteiger partial charge in [-0.15, -0.1) is 0 Å². The number of halogens is 3. The molecule has 0 aromatic heterocycles. The summed E-state index contributed by atoms with van der Waals surface area (Å²) in [6, 6.07) is 10.7. The monoisotopic (exact) mass is 345 g/mol. The quantitative estimate of drug-likeness (QED) is 0.723. The van der Waals surface area contributed by atoms with Crippen LogP contribution in [0, 0.1) is 6.92 Å². The van der Waals surface area contributed by atoms with E-state index in [1.165, 1.54) is 6.07 Å². The zero-order valence-corrected chi connectivity index (χ0v) is 13.0. The zero-order valence-electron chi connectivity index (χ0n) is 12.1. The SMILES string of the molecule is Cc1cccc(N[C@@H](c2cccc(C(F)(F)F)c2)P(=O)(O)O)c1. The molecule has 2 aromatic rings. The van der Waals surface area contributed by atoms with Crippen LogP contribution in [0.2, 0.25) is 0 Å². The van der Waals surface area contributed by atoms with E-state index in [1.54, 1.807) is 31.2 Å². The molecule has 124 valence electrons. The maximum absolute atomic E-state index is 12.8. The fraction of sp³-hybridized carbons (Fsp3) is 0.200. The summed E-state index contributed by atoms with van der Waals surface area (Å²) in [4.78, 5) is 19.0. The van der Waals surface area contributed by atoms with E-state index in [1.807, 2.05) is 0 Å². The van der Waals surface area contributed by atoms with Crippen molar-refractivity contribution in [3.8, 4) is 0 Å². The van der Waals surface area contributed by atoms with Gasteiger partial charge in [-0.05, 0) is 42.3 Å². The Bertz CT molecular complexity index is 743. The Morgan fingerprint density at radius 3 is 2.30 bits per heavy atom. The largest absolute Gasteiger partial charge is 0.416 e. The lowest BCUT2D eigenvalue weighted by Crippen LogP contribution is -2.13. The summed E-state index contributed by atoms with van der Waals surface area (Å²) in [5, 5.41) is 2.62. The number of aryl methyl sites for hydroxylation is 1. The van der Waals surface area contributed by atoms with Crippen molar-refractivity contribution in [2.75, 3.05) is 5.32 Å². The second-order valence-electron chi connectivity index (χ2n) is 5.13. The number of nitrogens with one attached hydrogen (secondary N) is 1. The van der Waals surface area contributed by atoms with E-state index in [4.69, 9.17) is 0 Å². The van der Waals surface area contributed by atoms with Crippen molar-refractivity contribution >= 4 is 13.3 Å². The molecule has 8 heteroatoms. The molecule has 0 aliphatic heterocycles. The molecule has 2 aromatic carbocycles. The minimum absolute atomic E-state index is 0.130. The summed E-state index contributed by atoms with van der Waals surface area (Å²) in [7, 11) is -4.73. The molecule has 4 nitrogen and oxygen atoms in total. The van der Waals surface area contributed by atoms with E-state index in [9.17, 15) is 27.5 Å². The van der Waals surface area contributed by atoms with Crippen LogP contribution in [0.5, 0.6) is 0 Å². The van der Waals surface area contributed by atoms with Gasteiger partial charge in [-0.25, -0.2) is 0 Å². The highest BCUT2D eigenvalue weighted by atomic mass is 31.2. The van der Waals surface area contributed by atoms with Crippen LogP contribution in [0.25, 0.3) is 0 Å². The Hall–Kier alpha value is -1.82. The highest BCUT2D eigenvalue weighted by Gasteiger charge is 2.34. The highest BCUT2D eigenvalue weighted by molar-refractivity contribution is 7.52. The van der Waals surface area contributed by atoms with Gasteiger partial charge in [-0.1, -0.05) is 24.3 Å². The Labute approximate surface area is 131 Å². The van der Waals surface area contributed by atoms with E-state index in [0.29, 0.717) is 5.69 Å². The Balaban J connectivity index is 2.42. The summed E-state index contributed by atoms with van der Waals surface area (Å²) < 4.78 is 50.1. The standard InChI is InChI=1S/C15H15F3NO3P/c1-10-4-2-7-13(8-10)19-14(23(20,21)22)11-5-3-6-12(9-11)15(16,17)18/h2-9,14,19H,1H3,(H2,20,21,22)/t14-/m1/s1. The number of hydrogen-bond acceptors (Lipinski definition) is 2. The van der Waals surface area contributed by atoms with Gasteiger partial charge in [0, 0.05) is 5.69 Å². The van der Waals surface area contributed by atoms with Crippen LogP contribution in [-0.4, -0.2) is 9.79 Å². The molecule has 0 radical (unpaired) electrons. The molecule has 0 saturated carbocycles. The molecule has 0 aliphatic rings. The van der Waals surface area contributed by atoms with E-state index in [2.05, 4.69) is 5.32 Å². The second kappa shape index (κ2) is 6.35. The fourth-order valence-corrected chi connectivity index (χ4v) is 3.01. The first-order valence-electron chi connectivity index (χ1n) is 6.63. The van der Waals surface area contributed by atoms with Crippen molar-refractivity contribution in [2.24, 2.45) is 0 Å². The van der Waals surface area contributed by atoms with Crippen LogP contribution in [-0.2, 0) is 10.7 Å². The van der Waals surface area contributed by atoms with E-state index in [-0.39, 0.29) is 5.56 Å². The van der Waals surface area contributed by atoms with Crippen LogP contribution >= 0.6 is 7.60 Å². The normalized spacial score (nSPS) is 13.7. The Morgan fingerprint density at radius 1 is 1.09 bits per heavy atom. The van der Waals surface area contributed by atoms with Crippen molar-refractivity contribution in [3.63, 3.8) is 0 Å². The van der Waals surface area contributed by atoms with Gasteiger partial charge in [0.15, 0.2) is 5.78 Å². The summed E-state index contributed by atoms with van der Waals surface area (Å²) >= 11 is 0. The van der Waals surface area contributed by atoms with Gasteiger partial charge in [0.25, 0.3) is 0 Å². The third kappa shape index (κ3) is 4.58. The van der Waals surface area contributed by atoms with Gasteiger partial charge in [0.1, 0.15) is 0 Å². The molecule has 3 N–H and O–H groups in total. The van der Waals surface area contributed by atoms with Gasteiger partial charge in [0.2, 0.25) is 0 Å². The maximum Gasteiger partial charge on any atom is 0.416 e. The van der Waals surface area contributed by atoms with E-state index < -0.39 is 25.1 Å². The topological polar surface area (TPSA) is 69.6 Å². The van der Waals surface area contributed by atoms with Crippen molar-refractivity contribution in [1.29, 1.82) is 0 Å². The van der Waals surface area contributed by atoms with Crippen molar-refractivity contribution in [3.05, 3.63) is 65.2 Å². The number of hydrogen-bond donors (Lipinski definition) is 3. The average molecular weight is 345 g/mol. The van der Waals surface area contributed by atoms with Gasteiger partial charge >= 0.3 is 13.8 Å². The molecule has 0 saturated heterocycles. The zero-order chi connectivity index (χ0) is 17.3. The van der Waals surface area contributed by atoms with E-state index >= 15 is 0 Å². The van der Waals surface area contributed by atoms with Crippen molar-refractivity contribution in [1.82, 2.24) is 0 Å². The summed E-state index contributed by atoms with van der Waals surface area (Å²) in [5.74, 6) is -1.56. The summed E-state index contributed by atoms with van der Waals surface area (Å²) in [5.41, 5.74) is 0.174. The summed E-state index contributed by atoms with van der Waals surface area (Å²) in [6.07, 6.45) is -4.58. The predicted octanol–water partition coefficient (Wildman–Crippen LogP) is 4.30. The van der Waals surface area contributed by atoms with Gasteiger partial charge in [-0.3, -0.25) is 4.57 Å². The van der Waals surface area contributed by atoms with Crippen LogP contribution in [0.3, 0.4) is 0 Å². The fourth-order valence-electron chi connectivity index (χ4n) is 2.14. The first-order valence-corrected chi connectivity index (χ1v) is 8.31. The first kappa shape index (κ1) is 17.5. The Morgan fingerprint density at radius 2 is 1.74 bits per heavy atom. The molecule has 0 spiro atoms. The van der Waals surface area contributed by atoms with Crippen LogP contribution in [0.4, 0.5) is 18.9 Å². The molecule has 0 heterocycles. The van der Waals surface area contributed by atoms with E-state index in [0.717, 1.165) is 23.8 Å². The van der Waals surface area contributed by atoms with Crippen LogP contribution in [0.15, 0.2) is 48.5 Å². The lowest BCUT2D eigenvalue weighted by Gasteiger charge is -2.22. The molecule has 0 aliphatic carbocycles. The molecule has 0 fully saturated rings.